The zero-order chi connectivity index (χ0) is 13.2. The van der Waals surface area contributed by atoms with Gasteiger partial charge in [0.15, 0.2) is 5.82 Å². The molecule has 1 N–H and O–H groups in total. The Hall–Kier alpha value is -0.910. The van der Waals surface area contributed by atoms with E-state index in [1.54, 1.807) is 0 Å². The molecular weight excluding hydrogens is 330 g/mol. The van der Waals surface area contributed by atoms with Crippen LogP contribution in [0.25, 0.3) is 11.5 Å². The smallest absolute Gasteiger partial charge is 0.258 e. The van der Waals surface area contributed by atoms with Crippen LogP contribution in [0.1, 0.15) is 24.6 Å². The number of hydrogen-bond acceptors (Lipinski definition) is 4. The molecule has 0 saturated carbocycles. The van der Waals surface area contributed by atoms with Crippen LogP contribution in [0.3, 0.4) is 0 Å². The van der Waals surface area contributed by atoms with Crippen molar-refractivity contribution in [2.75, 3.05) is 13.1 Å². The van der Waals surface area contributed by atoms with Gasteiger partial charge in [0.1, 0.15) is 0 Å². The van der Waals surface area contributed by atoms with E-state index in [0.29, 0.717) is 16.8 Å². The highest BCUT2D eigenvalue weighted by Gasteiger charge is 2.21. The molecule has 0 bridgehead atoms. The van der Waals surface area contributed by atoms with Crippen molar-refractivity contribution in [2.45, 2.75) is 18.8 Å². The molecule has 19 heavy (non-hydrogen) atoms. The maximum atomic E-state index is 6.03. The molecule has 100 valence electrons. The standard InChI is InChI=1S/C13H13BrClN3O/c14-10-4-9(5-11(15)6-10)13-17-12(18-19-13)8-2-1-3-16-7-8/h4-6,8,16H,1-3,7H2. The Morgan fingerprint density at radius 3 is 3.00 bits per heavy atom. The van der Waals surface area contributed by atoms with Crippen molar-refractivity contribution in [1.29, 1.82) is 0 Å². The summed E-state index contributed by atoms with van der Waals surface area (Å²) < 4.78 is 6.24. The molecule has 1 aromatic heterocycles. The molecule has 1 atom stereocenters. The number of rotatable bonds is 2. The van der Waals surface area contributed by atoms with E-state index in [1.165, 1.54) is 0 Å². The number of benzene rings is 1. The van der Waals surface area contributed by atoms with Crippen LogP contribution in [0, 0.1) is 0 Å². The fourth-order valence-corrected chi connectivity index (χ4v) is 3.13. The first-order valence-corrected chi connectivity index (χ1v) is 7.40. The Balaban J connectivity index is 1.87. The van der Waals surface area contributed by atoms with Crippen LogP contribution in [0.5, 0.6) is 0 Å². The van der Waals surface area contributed by atoms with Gasteiger partial charge in [0.25, 0.3) is 5.89 Å². The van der Waals surface area contributed by atoms with Gasteiger partial charge in [0, 0.05) is 27.5 Å². The second-order valence-electron chi connectivity index (χ2n) is 4.66. The first kappa shape index (κ1) is 13.1. The Labute approximate surface area is 124 Å². The van der Waals surface area contributed by atoms with Gasteiger partial charge in [-0.25, -0.2) is 0 Å². The fourth-order valence-electron chi connectivity index (χ4n) is 2.27. The summed E-state index contributed by atoms with van der Waals surface area (Å²) in [4.78, 5) is 4.49. The van der Waals surface area contributed by atoms with Crippen molar-refractivity contribution < 1.29 is 4.52 Å². The molecule has 1 aliphatic heterocycles. The number of aromatic nitrogens is 2. The predicted octanol–water partition coefficient (Wildman–Crippen LogP) is 3.62. The Morgan fingerprint density at radius 2 is 2.26 bits per heavy atom. The lowest BCUT2D eigenvalue weighted by Crippen LogP contribution is -2.28. The van der Waals surface area contributed by atoms with Crippen molar-refractivity contribution in [3.8, 4) is 11.5 Å². The molecule has 1 aromatic carbocycles. The summed E-state index contributed by atoms with van der Waals surface area (Å²) in [5.41, 5.74) is 0.835. The van der Waals surface area contributed by atoms with E-state index in [9.17, 15) is 0 Å². The lowest BCUT2D eigenvalue weighted by molar-refractivity contribution is 0.393. The van der Waals surface area contributed by atoms with Gasteiger partial charge >= 0.3 is 0 Å². The van der Waals surface area contributed by atoms with Crippen molar-refractivity contribution >= 4 is 27.5 Å². The van der Waals surface area contributed by atoms with E-state index in [1.807, 2.05) is 18.2 Å². The van der Waals surface area contributed by atoms with Crippen molar-refractivity contribution in [3.05, 3.63) is 33.5 Å². The second-order valence-corrected chi connectivity index (χ2v) is 6.01. The van der Waals surface area contributed by atoms with E-state index >= 15 is 0 Å². The third-order valence-electron chi connectivity index (χ3n) is 3.21. The van der Waals surface area contributed by atoms with Crippen molar-refractivity contribution in [2.24, 2.45) is 0 Å². The predicted molar refractivity (Wildman–Crippen MR) is 77.3 cm³/mol. The molecule has 0 spiro atoms. The van der Waals surface area contributed by atoms with E-state index in [0.717, 1.165) is 41.8 Å². The number of hydrogen-bond donors (Lipinski definition) is 1. The van der Waals surface area contributed by atoms with Crippen molar-refractivity contribution in [1.82, 2.24) is 15.5 Å². The number of nitrogens with one attached hydrogen (secondary N) is 1. The quantitative estimate of drug-likeness (QED) is 0.905. The molecule has 0 aliphatic carbocycles. The third kappa shape index (κ3) is 2.99. The molecule has 4 nitrogen and oxygen atoms in total. The van der Waals surface area contributed by atoms with Gasteiger partial charge in [-0.15, -0.1) is 0 Å². The molecule has 0 amide bonds. The zero-order valence-electron chi connectivity index (χ0n) is 10.2. The minimum atomic E-state index is 0.342. The average molecular weight is 343 g/mol. The van der Waals surface area contributed by atoms with Crippen LogP contribution in [0.15, 0.2) is 27.2 Å². The second kappa shape index (κ2) is 5.61. The molecule has 2 heterocycles. The van der Waals surface area contributed by atoms with Gasteiger partial charge in [-0.05, 0) is 37.6 Å². The summed E-state index contributed by atoms with van der Waals surface area (Å²) in [6.45, 7) is 1.99. The van der Waals surface area contributed by atoms with Gasteiger partial charge in [0.2, 0.25) is 0 Å². The molecule has 1 fully saturated rings. The highest BCUT2D eigenvalue weighted by atomic mass is 79.9. The zero-order valence-corrected chi connectivity index (χ0v) is 12.5. The van der Waals surface area contributed by atoms with Crippen LogP contribution >= 0.6 is 27.5 Å². The van der Waals surface area contributed by atoms with Crippen LogP contribution in [-0.4, -0.2) is 23.2 Å². The van der Waals surface area contributed by atoms with Crippen LogP contribution < -0.4 is 5.32 Å². The average Bonchev–Trinajstić information content (AvgIpc) is 2.88. The van der Waals surface area contributed by atoms with Gasteiger partial charge in [-0.1, -0.05) is 32.7 Å². The first-order chi connectivity index (χ1) is 9.22. The minimum absolute atomic E-state index is 0.342. The molecular formula is C13H13BrClN3O. The minimum Gasteiger partial charge on any atom is -0.334 e. The van der Waals surface area contributed by atoms with Crippen LogP contribution in [-0.2, 0) is 0 Å². The number of piperidine rings is 1. The highest BCUT2D eigenvalue weighted by Crippen LogP contribution is 2.28. The van der Waals surface area contributed by atoms with Gasteiger partial charge < -0.3 is 9.84 Å². The molecule has 2 aromatic rings. The third-order valence-corrected chi connectivity index (χ3v) is 3.89. The van der Waals surface area contributed by atoms with Crippen LogP contribution in [0.4, 0.5) is 0 Å². The summed E-state index contributed by atoms with van der Waals surface area (Å²) in [6.07, 6.45) is 2.25. The molecule has 0 radical (unpaired) electrons. The molecule has 1 unspecified atom stereocenters. The van der Waals surface area contributed by atoms with E-state index in [2.05, 4.69) is 31.4 Å². The molecule has 3 rings (SSSR count). The Kier molecular flexibility index (Phi) is 3.86. The summed E-state index contributed by atoms with van der Waals surface area (Å²) in [5.74, 6) is 1.64. The van der Waals surface area contributed by atoms with Crippen molar-refractivity contribution in [3.63, 3.8) is 0 Å². The molecule has 6 heteroatoms. The summed E-state index contributed by atoms with van der Waals surface area (Å²) in [5, 5.41) is 8.08. The summed E-state index contributed by atoms with van der Waals surface area (Å²) in [6, 6.07) is 5.57. The van der Waals surface area contributed by atoms with Gasteiger partial charge in [-0.2, -0.15) is 4.98 Å². The van der Waals surface area contributed by atoms with E-state index in [4.69, 9.17) is 16.1 Å². The normalized spacial score (nSPS) is 19.6. The summed E-state index contributed by atoms with van der Waals surface area (Å²) >= 11 is 9.44. The highest BCUT2D eigenvalue weighted by molar-refractivity contribution is 9.10. The Bertz CT molecular complexity index is 561. The van der Waals surface area contributed by atoms with E-state index in [-0.39, 0.29) is 0 Å². The lowest BCUT2D eigenvalue weighted by Gasteiger charge is -2.19. The Morgan fingerprint density at radius 1 is 1.37 bits per heavy atom. The lowest BCUT2D eigenvalue weighted by atomic mass is 9.99. The monoisotopic (exact) mass is 341 g/mol. The number of halogens is 2. The topological polar surface area (TPSA) is 51.0 Å². The largest absolute Gasteiger partial charge is 0.334 e. The maximum absolute atomic E-state index is 6.03. The molecule has 1 aliphatic rings. The maximum Gasteiger partial charge on any atom is 0.258 e. The van der Waals surface area contributed by atoms with Gasteiger partial charge in [0.05, 0.1) is 0 Å². The van der Waals surface area contributed by atoms with E-state index < -0.39 is 0 Å². The molecule has 1 saturated heterocycles. The number of nitrogens with zero attached hydrogens (tertiary/aromatic N) is 2. The van der Waals surface area contributed by atoms with Crippen LogP contribution in [0.2, 0.25) is 5.02 Å². The SMILES string of the molecule is Clc1cc(Br)cc(-c2nc(C3CCCNC3)no2)c1. The van der Waals surface area contributed by atoms with Gasteiger partial charge in [-0.3, -0.25) is 0 Å². The first-order valence-electron chi connectivity index (χ1n) is 6.23. The summed E-state index contributed by atoms with van der Waals surface area (Å²) in [7, 11) is 0. The fraction of sp³-hybridized carbons (Fsp3) is 0.385.